The zero-order valence-electron chi connectivity index (χ0n) is 10.3. The molecular weight excluding hydrogens is 216 g/mol. The smallest absolute Gasteiger partial charge is 0.139 e. The minimum Gasteiger partial charge on any atom is -0.393 e. The SMILES string of the molecule is C[C@]12CC(=O)[C@H]3CC4CC[C@]3(O4)[C@@H]1CC[C@@H]2O. The Bertz CT molecular complexity index is 393. The van der Waals surface area contributed by atoms with Crippen LogP contribution in [0.1, 0.15) is 45.4 Å². The molecule has 0 aromatic carbocycles. The highest BCUT2D eigenvalue weighted by atomic mass is 16.5. The molecule has 94 valence electrons. The van der Waals surface area contributed by atoms with Gasteiger partial charge >= 0.3 is 0 Å². The normalized spacial score (nSPS) is 60.5. The first-order valence-corrected chi connectivity index (χ1v) is 6.95. The van der Waals surface area contributed by atoms with Gasteiger partial charge in [-0.2, -0.15) is 0 Å². The van der Waals surface area contributed by atoms with Crippen LogP contribution >= 0.6 is 0 Å². The molecule has 2 aliphatic carbocycles. The number of aliphatic hydroxyl groups excluding tert-OH is 1. The van der Waals surface area contributed by atoms with Gasteiger partial charge in [-0.3, -0.25) is 4.79 Å². The Labute approximate surface area is 102 Å². The third-order valence-corrected chi connectivity index (χ3v) is 6.15. The first-order chi connectivity index (χ1) is 8.06. The molecule has 2 saturated carbocycles. The Kier molecular flexibility index (Phi) is 1.82. The van der Waals surface area contributed by atoms with E-state index in [1.807, 2.05) is 0 Å². The van der Waals surface area contributed by atoms with Gasteiger partial charge in [-0.25, -0.2) is 0 Å². The number of rotatable bonds is 0. The van der Waals surface area contributed by atoms with Crippen LogP contribution in [0, 0.1) is 17.3 Å². The van der Waals surface area contributed by atoms with Crippen molar-refractivity contribution in [2.24, 2.45) is 17.3 Å². The number of fused-ring (bicyclic) bond motifs is 2. The number of ketones is 1. The molecule has 17 heavy (non-hydrogen) atoms. The van der Waals surface area contributed by atoms with Gasteiger partial charge in [0, 0.05) is 17.8 Å². The average Bonchev–Trinajstić information content (AvgIpc) is 2.92. The summed E-state index contributed by atoms with van der Waals surface area (Å²) in [5.41, 5.74) is -0.404. The molecule has 0 aromatic rings. The lowest BCUT2D eigenvalue weighted by Gasteiger charge is -2.50. The highest BCUT2D eigenvalue weighted by Gasteiger charge is 2.69. The molecule has 0 aromatic heterocycles. The lowest BCUT2D eigenvalue weighted by molar-refractivity contribution is -0.160. The number of carbonyl (C=O) groups is 1. The first kappa shape index (κ1) is 10.5. The lowest BCUT2D eigenvalue weighted by atomic mass is 9.55. The Morgan fingerprint density at radius 2 is 2.18 bits per heavy atom. The van der Waals surface area contributed by atoms with Crippen LogP contribution in [0.15, 0.2) is 0 Å². The minimum absolute atomic E-state index is 0.143. The van der Waals surface area contributed by atoms with Gasteiger partial charge in [0.1, 0.15) is 5.78 Å². The molecule has 0 amide bonds. The summed E-state index contributed by atoms with van der Waals surface area (Å²) < 4.78 is 6.23. The molecule has 4 fully saturated rings. The fraction of sp³-hybridized carbons (Fsp3) is 0.929. The van der Waals surface area contributed by atoms with Gasteiger partial charge in [-0.15, -0.1) is 0 Å². The molecule has 3 nitrogen and oxygen atoms in total. The van der Waals surface area contributed by atoms with Crippen molar-refractivity contribution in [1.82, 2.24) is 0 Å². The van der Waals surface area contributed by atoms with Gasteiger partial charge in [-0.05, 0) is 38.0 Å². The monoisotopic (exact) mass is 236 g/mol. The van der Waals surface area contributed by atoms with Crippen molar-refractivity contribution in [2.75, 3.05) is 0 Å². The number of hydrogen-bond acceptors (Lipinski definition) is 3. The van der Waals surface area contributed by atoms with Crippen molar-refractivity contribution in [3.05, 3.63) is 0 Å². The predicted octanol–water partition coefficient (Wildman–Crippen LogP) is 1.67. The summed E-state index contributed by atoms with van der Waals surface area (Å²) in [7, 11) is 0. The molecule has 2 heterocycles. The molecular formula is C14H20O3. The second-order valence-electron chi connectivity index (χ2n) is 6.82. The van der Waals surface area contributed by atoms with E-state index in [0.29, 0.717) is 24.2 Å². The highest BCUT2D eigenvalue weighted by molar-refractivity contribution is 5.85. The summed E-state index contributed by atoms with van der Waals surface area (Å²) in [6.45, 7) is 2.10. The topological polar surface area (TPSA) is 46.5 Å². The molecule has 4 rings (SSSR count). The fourth-order valence-electron chi connectivity index (χ4n) is 5.36. The second-order valence-corrected chi connectivity index (χ2v) is 6.82. The predicted molar refractivity (Wildman–Crippen MR) is 61.4 cm³/mol. The molecule has 2 aliphatic heterocycles. The van der Waals surface area contributed by atoms with Crippen molar-refractivity contribution >= 4 is 5.78 Å². The van der Waals surface area contributed by atoms with E-state index in [4.69, 9.17) is 4.74 Å². The number of Topliss-reactive ketones (excluding diaryl/α,β-unsaturated/α-hetero) is 1. The van der Waals surface area contributed by atoms with E-state index in [1.54, 1.807) is 0 Å². The Balaban J connectivity index is 1.83. The quantitative estimate of drug-likeness (QED) is 0.696. The van der Waals surface area contributed by atoms with E-state index in [9.17, 15) is 9.90 Å². The standard InChI is InChI=1S/C14H20O3/c1-13-7-10(15)9-6-8-4-5-14(9,17-8)11(13)2-3-12(13)16/h8-9,11-12,16H,2-7H2,1H3/t8?,9-,11-,12+,13+,14-/m1/s1. The van der Waals surface area contributed by atoms with Crippen LogP contribution in [0.2, 0.25) is 0 Å². The van der Waals surface area contributed by atoms with Crippen LogP contribution in [0.3, 0.4) is 0 Å². The van der Waals surface area contributed by atoms with Crippen molar-refractivity contribution in [2.45, 2.75) is 63.3 Å². The minimum atomic E-state index is -0.310. The highest BCUT2D eigenvalue weighted by Crippen LogP contribution is 2.65. The molecule has 1 unspecified atom stereocenters. The summed E-state index contributed by atoms with van der Waals surface area (Å²) in [6, 6.07) is 0. The van der Waals surface area contributed by atoms with Gasteiger partial charge in [0.15, 0.2) is 0 Å². The van der Waals surface area contributed by atoms with Gasteiger partial charge in [0.2, 0.25) is 0 Å². The summed E-state index contributed by atoms with van der Waals surface area (Å²) >= 11 is 0. The number of aliphatic hydroxyl groups is 1. The van der Waals surface area contributed by atoms with Crippen molar-refractivity contribution in [3.8, 4) is 0 Å². The van der Waals surface area contributed by atoms with E-state index in [0.717, 1.165) is 32.1 Å². The maximum atomic E-state index is 12.4. The van der Waals surface area contributed by atoms with Crippen LogP contribution < -0.4 is 0 Å². The van der Waals surface area contributed by atoms with Crippen molar-refractivity contribution in [3.63, 3.8) is 0 Å². The van der Waals surface area contributed by atoms with Gasteiger partial charge in [0.25, 0.3) is 0 Å². The summed E-state index contributed by atoms with van der Waals surface area (Å²) in [4.78, 5) is 12.4. The summed E-state index contributed by atoms with van der Waals surface area (Å²) in [5, 5.41) is 10.2. The van der Waals surface area contributed by atoms with E-state index in [1.165, 1.54) is 0 Å². The van der Waals surface area contributed by atoms with E-state index in [-0.39, 0.29) is 23.0 Å². The molecule has 1 spiro atoms. The Morgan fingerprint density at radius 1 is 1.35 bits per heavy atom. The maximum absolute atomic E-state index is 12.4. The third-order valence-electron chi connectivity index (χ3n) is 6.15. The van der Waals surface area contributed by atoms with Gasteiger partial charge in [-0.1, -0.05) is 6.92 Å². The van der Waals surface area contributed by atoms with Gasteiger partial charge in [0.05, 0.1) is 17.8 Å². The van der Waals surface area contributed by atoms with Crippen LogP contribution in [0.25, 0.3) is 0 Å². The molecule has 6 atom stereocenters. The maximum Gasteiger partial charge on any atom is 0.139 e. The summed E-state index contributed by atoms with van der Waals surface area (Å²) in [6.07, 6.45) is 5.57. The molecule has 4 aliphatic rings. The van der Waals surface area contributed by atoms with E-state index in [2.05, 4.69) is 6.92 Å². The van der Waals surface area contributed by atoms with Crippen LogP contribution in [-0.2, 0) is 9.53 Å². The number of carbonyl (C=O) groups excluding carboxylic acids is 1. The fourth-order valence-corrected chi connectivity index (χ4v) is 5.36. The number of hydrogen-bond donors (Lipinski definition) is 1. The Hall–Kier alpha value is -0.410. The molecule has 0 radical (unpaired) electrons. The van der Waals surface area contributed by atoms with Crippen molar-refractivity contribution in [1.29, 1.82) is 0 Å². The van der Waals surface area contributed by atoms with Crippen molar-refractivity contribution < 1.29 is 14.6 Å². The zero-order valence-corrected chi connectivity index (χ0v) is 10.3. The molecule has 2 bridgehead atoms. The third kappa shape index (κ3) is 1.04. The van der Waals surface area contributed by atoms with Crippen LogP contribution in [-0.4, -0.2) is 28.7 Å². The second kappa shape index (κ2) is 2.94. The summed E-state index contributed by atoms with van der Waals surface area (Å²) in [5.74, 6) is 0.900. The van der Waals surface area contributed by atoms with Gasteiger partial charge < -0.3 is 9.84 Å². The Morgan fingerprint density at radius 3 is 2.94 bits per heavy atom. The average molecular weight is 236 g/mol. The van der Waals surface area contributed by atoms with E-state index >= 15 is 0 Å². The molecule has 3 heteroatoms. The van der Waals surface area contributed by atoms with Crippen LogP contribution in [0.5, 0.6) is 0 Å². The molecule has 2 saturated heterocycles. The van der Waals surface area contributed by atoms with Crippen LogP contribution in [0.4, 0.5) is 0 Å². The zero-order chi connectivity index (χ0) is 11.8. The van der Waals surface area contributed by atoms with E-state index < -0.39 is 0 Å². The largest absolute Gasteiger partial charge is 0.393 e. The lowest BCUT2D eigenvalue weighted by Crippen LogP contribution is -2.57. The molecule has 1 N–H and O–H groups in total. The first-order valence-electron chi connectivity index (χ1n) is 6.95. The number of ether oxygens (including phenoxy) is 1.